The molecule has 0 unspecified atom stereocenters. The average molecular weight is 456 g/mol. The first-order chi connectivity index (χ1) is 16.6. The van der Waals surface area contributed by atoms with Gasteiger partial charge in [-0.15, -0.1) is 0 Å². The maximum atomic E-state index is 12.3. The number of carboxylic acids is 1. The fraction of sp³-hybridized carbons (Fsp3) is 0.214. The topological polar surface area (TPSA) is 84.9 Å². The summed E-state index contributed by atoms with van der Waals surface area (Å²) in [6.07, 6.45) is -0.212. The third-order valence-corrected chi connectivity index (χ3v) is 5.74. The van der Waals surface area contributed by atoms with Crippen molar-refractivity contribution < 1.29 is 24.2 Å². The van der Waals surface area contributed by atoms with E-state index in [4.69, 9.17) is 14.6 Å². The lowest BCUT2D eigenvalue weighted by Gasteiger charge is -2.14. The van der Waals surface area contributed by atoms with Gasteiger partial charge in [0.25, 0.3) is 0 Å². The van der Waals surface area contributed by atoms with Gasteiger partial charge in [-0.2, -0.15) is 0 Å². The smallest absolute Gasteiger partial charge is 0.407 e. The monoisotopic (exact) mass is 455 g/mol. The Kier molecular flexibility index (Phi) is 7.14. The number of fused-ring (bicyclic) bond motifs is 3. The molecule has 0 fully saturated rings. The number of nitrogens with one attached hydrogen (secondary N) is 1. The van der Waals surface area contributed by atoms with Crippen molar-refractivity contribution in [3.63, 3.8) is 0 Å². The van der Waals surface area contributed by atoms with Crippen molar-refractivity contribution in [2.45, 2.75) is 18.8 Å². The largest absolute Gasteiger partial charge is 0.497 e. The number of hydrogen-bond donors (Lipinski definition) is 2. The van der Waals surface area contributed by atoms with Crippen LogP contribution in [0.2, 0.25) is 0 Å². The number of ether oxygens (including phenoxy) is 2. The van der Waals surface area contributed by atoms with E-state index >= 15 is 0 Å². The molecule has 0 heterocycles. The molecule has 0 radical (unpaired) electrons. The summed E-state index contributed by atoms with van der Waals surface area (Å²) in [4.78, 5) is 23.3. The fourth-order valence-corrected chi connectivity index (χ4v) is 4.15. The summed E-state index contributed by atoms with van der Waals surface area (Å²) in [6, 6.07) is 21.5. The lowest BCUT2D eigenvalue weighted by Crippen LogP contribution is -2.26. The number of carbonyl (C=O) groups is 2. The molecule has 4 rings (SSSR count). The lowest BCUT2D eigenvalue weighted by atomic mass is 9.98. The van der Waals surface area contributed by atoms with Crippen LogP contribution < -0.4 is 10.1 Å². The van der Waals surface area contributed by atoms with Crippen LogP contribution in [0.1, 0.15) is 34.6 Å². The Bertz CT molecular complexity index is 1230. The van der Waals surface area contributed by atoms with Crippen molar-refractivity contribution in [3.05, 3.63) is 89.0 Å². The standard InChI is InChI=1S/C28H25NO5/c1-33-21-14-13-20(17-27(30)31)19(16-21)8-6-7-15-29-28(32)34-18-26-24-11-4-2-9-22(24)23-10-3-5-12-25(23)26/h2-5,9-14,16,26H,7,15,17-18H2,1H3,(H,29,32)(H,30,31). The highest BCUT2D eigenvalue weighted by Crippen LogP contribution is 2.44. The molecule has 6 heteroatoms. The number of carboxylic acid groups (broad SMARTS) is 1. The van der Waals surface area contributed by atoms with E-state index < -0.39 is 12.1 Å². The molecule has 1 aliphatic rings. The second-order valence-corrected chi connectivity index (χ2v) is 7.90. The normalized spacial score (nSPS) is 11.6. The van der Waals surface area contributed by atoms with Crippen LogP contribution in [0.4, 0.5) is 4.79 Å². The third kappa shape index (κ3) is 5.21. The van der Waals surface area contributed by atoms with E-state index in [1.54, 1.807) is 25.3 Å². The Morgan fingerprint density at radius 3 is 2.32 bits per heavy atom. The first-order valence-electron chi connectivity index (χ1n) is 11.0. The van der Waals surface area contributed by atoms with E-state index in [9.17, 15) is 9.59 Å². The van der Waals surface area contributed by atoms with E-state index in [0.29, 0.717) is 29.8 Å². The molecule has 172 valence electrons. The maximum absolute atomic E-state index is 12.3. The lowest BCUT2D eigenvalue weighted by molar-refractivity contribution is -0.136. The second kappa shape index (κ2) is 10.6. The van der Waals surface area contributed by atoms with Gasteiger partial charge < -0.3 is 19.9 Å². The zero-order chi connectivity index (χ0) is 23.9. The first kappa shape index (κ1) is 22.9. The molecule has 0 bridgehead atoms. The molecule has 3 aromatic carbocycles. The van der Waals surface area contributed by atoms with E-state index in [1.165, 1.54) is 11.1 Å². The molecule has 34 heavy (non-hydrogen) atoms. The Morgan fingerprint density at radius 2 is 1.68 bits per heavy atom. The van der Waals surface area contributed by atoms with Gasteiger partial charge in [-0.1, -0.05) is 66.4 Å². The number of aliphatic carboxylic acids is 1. The summed E-state index contributed by atoms with van der Waals surface area (Å²) >= 11 is 0. The van der Waals surface area contributed by atoms with Gasteiger partial charge in [-0.3, -0.25) is 4.79 Å². The highest BCUT2D eigenvalue weighted by Gasteiger charge is 2.28. The minimum atomic E-state index is -0.926. The number of hydrogen-bond acceptors (Lipinski definition) is 4. The Morgan fingerprint density at radius 1 is 1.00 bits per heavy atom. The summed E-state index contributed by atoms with van der Waals surface area (Å²) in [7, 11) is 1.54. The summed E-state index contributed by atoms with van der Waals surface area (Å²) in [5.74, 6) is 5.65. The van der Waals surface area contributed by atoms with Crippen LogP contribution in [-0.2, 0) is 16.0 Å². The summed E-state index contributed by atoms with van der Waals surface area (Å²) < 4.78 is 10.7. The minimum absolute atomic E-state index is 0.0126. The zero-order valence-electron chi connectivity index (χ0n) is 18.8. The van der Waals surface area contributed by atoms with Gasteiger partial charge in [-0.25, -0.2) is 4.79 Å². The van der Waals surface area contributed by atoms with Crippen molar-refractivity contribution in [2.24, 2.45) is 0 Å². The van der Waals surface area contributed by atoms with Crippen LogP contribution >= 0.6 is 0 Å². The fourth-order valence-electron chi connectivity index (χ4n) is 4.15. The molecule has 3 aromatic rings. The van der Waals surface area contributed by atoms with E-state index in [1.807, 2.05) is 24.3 Å². The molecular formula is C28H25NO5. The predicted molar refractivity (Wildman–Crippen MR) is 129 cm³/mol. The van der Waals surface area contributed by atoms with Crippen LogP contribution in [0.15, 0.2) is 66.7 Å². The number of alkyl carbamates (subject to hydrolysis) is 1. The van der Waals surface area contributed by atoms with Crippen LogP contribution in [0.5, 0.6) is 5.75 Å². The molecule has 0 aliphatic heterocycles. The van der Waals surface area contributed by atoms with E-state index in [2.05, 4.69) is 41.4 Å². The van der Waals surface area contributed by atoms with Gasteiger partial charge in [0.2, 0.25) is 0 Å². The van der Waals surface area contributed by atoms with Crippen LogP contribution in [0, 0.1) is 11.8 Å². The average Bonchev–Trinajstić information content (AvgIpc) is 3.17. The van der Waals surface area contributed by atoms with Crippen molar-refractivity contribution >= 4 is 12.1 Å². The van der Waals surface area contributed by atoms with Crippen molar-refractivity contribution in [3.8, 4) is 28.7 Å². The zero-order valence-corrected chi connectivity index (χ0v) is 18.8. The van der Waals surface area contributed by atoms with Gasteiger partial charge in [0.15, 0.2) is 0 Å². The van der Waals surface area contributed by atoms with E-state index in [0.717, 1.165) is 11.1 Å². The van der Waals surface area contributed by atoms with E-state index in [-0.39, 0.29) is 18.9 Å². The summed E-state index contributed by atoms with van der Waals surface area (Å²) in [6.45, 7) is 0.579. The van der Waals surface area contributed by atoms with Crippen LogP contribution in [0.3, 0.4) is 0 Å². The number of methoxy groups -OCH3 is 1. The van der Waals surface area contributed by atoms with Crippen molar-refractivity contribution in [1.29, 1.82) is 0 Å². The highest BCUT2D eigenvalue weighted by molar-refractivity contribution is 5.79. The van der Waals surface area contributed by atoms with Crippen molar-refractivity contribution in [1.82, 2.24) is 5.32 Å². The number of benzene rings is 3. The Hall–Kier alpha value is -4.24. The molecule has 0 saturated heterocycles. The van der Waals surface area contributed by atoms with Gasteiger partial charge in [0.1, 0.15) is 12.4 Å². The summed E-state index contributed by atoms with van der Waals surface area (Å²) in [5.41, 5.74) is 5.91. The molecule has 1 amide bonds. The number of carbonyl (C=O) groups excluding carboxylic acids is 1. The third-order valence-electron chi connectivity index (χ3n) is 5.74. The molecule has 0 spiro atoms. The van der Waals surface area contributed by atoms with Crippen molar-refractivity contribution in [2.75, 3.05) is 20.3 Å². The number of rotatable bonds is 7. The predicted octanol–water partition coefficient (Wildman–Crippen LogP) is 4.60. The SMILES string of the molecule is COc1ccc(CC(=O)O)c(C#CCCNC(=O)OCC2c3ccccc3-c3ccccc32)c1. The Balaban J connectivity index is 1.31. The quantitative estimate of drug-likeness (QED) is 0.402. The molecule has 1 aliphatic carbocycles. The minimum Gasteiger partial charge on any atom is -0.497 e. The Labute approximate surface area is 198 Å². The van der Waals surface area contributed by atoms with Crippen LogP contribution in [-0.4, -0.2) is 37.4 Å². The number of amides is 1. The van der Waals surface area contributed by atoms with Gasteiger partial charge in [-0.05, 0) is 39.9 Å². The summed E-state index contributed by atoms with van der Waals surface area (Å²) in [5, 5.41) is 11.8. The van der Waals surface area contributed by atoms with Gasteiger partial charge in [0.05, 0.1) is 13.5 Å². The molecule has 0 aromatic heterocycles. The maximum Gasteiger partial charge on any atom is 0.407 e. The molecular weight excluding hydrogens is 430 g/mol. The molecule has 0 atom stereocenters. The molecule has 0 saturated carbocycles. The van der Waals surface area contributed by atoms with Gasteiger partial charge in [0, 0.05) is 24.4 Å². The van der Waals surface area contributed by atoms with Crippen LogP contribution in [0.25, 0.3) is 11.1 Å². The molecule has 2 N–H and O–H groups in total. The second-order valence-electron chi connectivity index (χ2n) is 7.90. The van der Waals surface area contributed by atoms with Gasteiger partial charge >= 0.3 is 12.1 Å². The highest BCUT2D eigenvalue weighted by atomic mass is 16.5. The first-order valence-corrected chi connectivity index (χ1v) is 11.0. The molecule has 6 nitrogen and oxygen atoms in total.